The molecule has 0 saturated heterocycles. The maximum absolute atomic E-state index is 13.0. The molecule has 3 N–H and O–H groups in total. The lowest BCUT2D eigenvalue weighted by molar-refractivity contribution is -0.127. The molecule has 0 spiro atoms. The molecular weight excluding hydrogens is 745 g/mol. The quantitative estimate of drug-likeness (QED) is 0.0530. The second kappa shape index (κ2) is 48.8. The zero-order chi connectivity index (χ0) is 44.6. The highest BCUT2D eigenvalue weighted by molar-refractivity contribution is 5.83. The van der Waals surface area contributed by atoms with Gasteiger partial charge in [0.1, 0.15) is 0 Å². The van der Waals surface area contributed by atoms with Crippen LogP contribution in [0, 0.1) is 5.92 Å². The molecule has 0 rings (SSSR count). The predicted octanol–water partition coefficient (Wildman–Crippen LogP) is 15.1. The molecule has 360 valence electrons. The van der Waals surface area contributed by atoms with Gasteiger partial charge in [-0.2, -0.15) is 0 Å². The SMILES string of the molecule is CCCCCCCCCCCCCCCCCCC(CCCCCCCCCCCCCCCCCC)NC(=O)CCC(=O)NCCOCC(C)(C)OCCC(C)C.CO. The summed E-state index contributed by atoms with van der Waals surface area (Å²) in [5.41, 5.74) is -0.341. The van der Waals surface area contributed by atoms with Gasteiger partial charge in [0.2, 0.25) is 11.8 Å². The van der Waals surface area contributed by atoms with E-state index in [0.29, 0.717) is 25.7 Å². The van der Waals surface area contributed by atoms with Crippen molar-refractivity contribution in [2.24, 2.45) is 5.92 Å². The van der Waals surface area contributed by atoms with Crippen LogP contribution in [0.25, 0.3) is 0 Å². The van der Waals surface area contributed by atoms with Crippen LogP contribution in [0.4, 0.5) is 0 Å². The maximum Gasteiger partial charge on any atom is 0.220 e. The highest BCUT2D eigenvalue weighted by Gasteiger charge is 2.19. The zero-order valence-electron chi connectivity index (χ0n) is 41.7. The predicted molar refractivity (Wildman–Crippen MR) is 261 cm³/mol. The Balaban J connectivity index is 0. The highest BCUT2D eigenvalue weighted by Crippen LogP contribution is 2.18. The van der Waals surface area contributed by atoms with E-state index < -0.39 is 0 Å². The lowest BCUT2D eigenvalue weighted by Crippen LogP contribution is -2.36. The zero-order valence-corrected chi connectivity index (χ0v) is 41.7. The first-order chi connectivity index (χ1) is 29.2. The number of carbonyl (C=O) groups excluding carboxylic acids is 2. The van der Waals surface area contributed by atoms with Crippen molar-refractivity contribution < 1.29 is 24.2 Å². The number of nitrogens with one attached hydrogen (secondary N) is 2. The number of amides is 2. The fourth-order valence-electron chi connectivity index (χ4n) is 7.97. The van der Waals surface area contributed by atoms with Gasteiger partial charge < -0.3 is 25.2 Å². The van der Waals surface area contributed by atoms with E-state index in [2.05, 4.69) is 38.3 Å². The van der Waals surface area contributed by atoms with E-state index in [1.807, 2.05) is 13.8 Å². The molecule has 2 amide bonds. The van der Waals surface area contributed by atoms with Crippen LogP contribution in [0.15, 0.2) is 0 Å². The smallest absolute Gasteiger partial charge is 0.220 e. The Morgan fingerprint density at radius 2 is 0.817 bits per heavy atom. The first-order valence-corrected chi connectivity index (χ1v) is 26.4. The van der Waals surface area contributed by atoms with Gasteiger partial charge in [-0.3, -0.25) is 9.59 Å². The average Bonchev–Trinajstić information content (AvgIpc) is 3.22. The third kappa shape index (κ3) is 49.5. The fourth-order valence-corrected chi connectivity index (χ4v) is 7.97. The minimum Gasteiger partial charge on any atom is -0.400 e. The summed E-state index contributed by atoms with van der Waals surface area (Å²) in [4.78, 5) is 25.5. The second-order valence-corrected chi connectivity index (χ2v) is 19.1. The Hall–Kier alpha value is -1.18. The van der Waals surface area contributed by atoms with E-state index in [9.17, 15) is 9.59 Å². The summed E-state index contributed by atoms with van der Waals surface area (Å²) in [6, 6.07) is 0.230. The Morgan fingerprint density at radius 3 is 1.17 bits per heavy atom. The minimum atomic E-state index is -0.341. The molecule has 0 fully saturated rings. The van der Waals surface area contributed by atoms with Gasteiger partial charge in [0.15, 0.2) is 0 Å². The number of unbranched alkanes of at least 4 members (excludes halogenated alkanes) is 30. The van der Waals surface area contributed by atoms with E-state index in [1.54, 1.807) is 0 Å². The monoisotopic (exact) mass is 853 g/mol. The third-order valence-electron chi connectivity index (χ3n) is 12.0. The molecule has 0 radical (unpaired) electrons. The van der Waals surface area contributed by atoms with Crippen molar-refractivity contribution in [2.45, 2.75) is 291 Å². The van der Waals surface area contributed by atoms with Crippen molar-refractivity contribution in [1.29, 1.82) is 0 Å². The summed E-state index contributed by atoms with van der Waals surface area (Å²) in [7, 11) is 1.00. The number of rotatable bonds is 47. The number of aliphatic hydroxyl groups excluding tert-OH is 1. The van der Waals surface area contributed by atoms with Gasteiger partial charge in [-0.25, -0.2) is 0 Å². The minimum absolute atomic E-state index is 0.0182. The van der Waals surface area contributed by atoms with Crippen molar-refractivity contribution >= 4 is 11.8 Å². The molecule has 7 heteroatoms. The molecular formula is C53H108N2O5. The third-order valence-corrected chi connectivity index (χ3v) is 12.0. The van der Waals surface area contributed by atoms with Gasteiger partial charge in [0.25, 0.3) is 0 Å². The number of carbonyl (C=O) groups is 2. The first kappa shape index (κ1) is 60.9. The number of hydrogen-bond donors (Lipinski definition) is 3. The molecule has 7 nitrogen and oxygen atoms in total. The summed E-state index contributed by atoms with van der Waals surface area (Å²) in [5.74, 6) is 0.551. The summed E-state index contributed by atoms with van der Waals surface area (Å²) in [6.45, 7) is 15.2. The molecule has 0 aliphatic heterocycles. The van der Waals surface area contributed by atoms with Crippen molar-refractivity contribution in [3.8, 4) is 0 Å². The number of ether oxygens (including phenoxy) is 2. The Morgan fingerprint density at radius 1 is 0.483 bits per heavy atom. The second-order valence-electron chi connectivity index (χ2n) is 19.1. The molecule has 0 saturated carbocycles. The standard InChI is InChI=1S/C52H104N2O4.CH4O/c1-7-9-11-13-15-17-19-21-23-25-27-29-31-33-35-37-39-49(40-38-36-34-32-30-28-26-24-22-20-18-16-14-12-10-8-2)54-51(56)42-41-50(55)53-44-46-57-47-52(5,6)58-45-43-48(3)4;1-2/h48-49H,7-47H2,1-6H3,(H,53,55)(H,54,56);2H,1H3. The van der Waals surface area contributed by atoms with Gasteiger partial charge in [-0.1, -0.05) is 233 Å². The van der Waals surface area contributed by atoms with Crippen LogP contribution in [0.5, 0.6) is 0 Å². The molecule has 0 atom stereocenters. The lowest BCUT2D eigenvalue weighted by Gasteiger charge is -2.25. The van der Waals surface area contributed by atoms with Gasteiger partial charge in [0, 0.05) is 39.1 Å². The summed E-state index contributed by atoms with van der Waals surface area (Å²) < 4.78 is 11.7. The molecule has 60 heavy (non-hydrogen) atoms. The molecule has 0 aromatic heterocycles. The van der Waals surface area contributed by atoms with E-state index in [-0.39, 0.29) is 36.3 Å². The number of aliphatic hydroxyl groups is 1. The normalized spacial score (nSPS) is 11.6. The topological polar surface area (TPSA) is 96.9 Å². The molecule has 0 heterocycles. The Kier molecular flexibility index (Phi) is 49.6. The van der Waals surface area contributed by atoms with Crippen LogP contribution in [0.2, 0.25) is 0 Å². The number of hydrogen-bond acceptors (Lipinski definition) is 5. The first-order valence-electron chi connectivity index (χ1n) is 26.4. The van der Waals surface area contributed by atoms with E-state index >= 15 is 0 Å². The van der Waals surface area contributed by atoms with Crippen LogP contribution >= 0.6 is 0 Å². The molecule has 0 aliphatic carbocycles. The largest absolute Gasteiger partial charge is 0.400 e. The Bertz CT molecular complexity index is 830. The van der Waals surface area contributed by atoms with Gasteiger partial charge >= 0.3 is 0 Å². The maximum atomic E-state index is 13.0. The molecule has 0 bridgehead atoms. The fraction of sp³-hybridized carbons (Fsp3) is 0.962. The summed E-state index contributed by atoms with van der Waals surface area (Å²) >= 11 is 0. The van der Waals surface area contributed by atoms with Crippen LogP contribution < -0.4 is 10.6 Å². The van der Waals surface area contributed by atoms with Crippen molar-refractivity contribution in [2.75, 3.05) is 33.5 Å². The van der Waals surface area contributed by atoms with Gasteiger partial charge in [-0.05, 0) is 39.0 Å². The van der Waals surface area contributed by atoms with Crippen molar-refractivity contribution in [1.82, 2.24) is 10.6 Å². The van der Waals surface area contributed by atoms with Crippen LogP contribution in [-0.4, -0.2) is 62.0 Å². The summed E-state index contributed by atoms with van der Waals surface area (Å²) in [6.07, 6.45) is 47.7. The van der Waals surface area contributed by atoms with Gasteiger partial charge in [0.05, 0.1) is 18.8 Å². The lowest BCUT2D eigenvalue weighted by atomic mass is 9.99. The van der Waals surface area contributed by atoms with Crippen molar-refractivity contribution in [3.05, 3.63) is 0 Å². The molecule has 0 aliphatic rings. The highest BCUT2D eigenvalue weighted by atomic mass is 16.5. The molecule has 0 unspecified atom stereocenters. The van der Waals surface area contributed by atoms with Crippen molar-refractivity contribution in [3.63, 3.8) is 0 Å². The molecule has 0 aromatic rings. The Labute approximate surface area is 375 Å². The van der Waals surface area contributed by atoms with Crippen LogP contribution in [0.3, 0.4) is 0 Å². The molecule has 0 aromatic carbocycles. The van der Waals surface area contributed by atoms with E-state index in [4.69, 9.17) is 14.6 Å². The summed E-state index contributed by atoms with van der Waals surface area (Å²) in [5, 5.41) is 13.3. The van der Waals surface area contributed by atoms with Crippen LogP contribution in [-0.2, 0) is 19.1 Å². The van der Waals surface area contributed by atoms with E-state index in [1.165, 1.54) is 205 Å². The average molecular weight is 853 g/mol. The van der Waals surface area contributed by atoms with Gasteiger partial charge in [-0.15, -0.1) is 0 Å². The van der Waals surface area contributed by atoms with E-state index in [0.717, 1.165) is 33.0 Å². The van der Waals surface area contributed by atoms with Crippen LogP contribution in [0.1, 0.15) is 279 Å².